The van der Waals surface area contributed by atoms with Crippen LogP contribution >= 0.6 is 0 Å². The van der Waals surface area contributed by atoms with Gasteiger partial charge in [0.1, 0.15) is 0 Å². The number of aromatic nitrogens is 4. The van der Waals surface area contributed by atoms with Crippen molar-refractivity contribution in [1.82, 2.24) is 19.1 Å². The van der Waals surface area contributed by atoms with Crippen LogP contribution in [0.15, 0.2) is 249 Å². The SMILES string of the molecule is N#Cc1ccc(-c2ccc3c(c2)c2cc(-c4ccc(C#N)cc4C#N)ccc2n3-c2ccc(C#N)cc2-c2ccc(-c3nc(-c4ccccc4)cc(-c4ccccc4)n3)cc2-n2c3ccc(-c4ccc(C#N)cc4C#N)cc3c3cc(-c4ccc(C#N)cc4C#N)ccc32)c(C#N)c1. The molecule has 0 aliphatic rings. The molecule has 0 aliphatic heterocycles. The maximum Gasteiger partial charge on any atom is 0.160 e. The number of fused-ring (bicyclic) bond motifs is 6. The Kier molecular flexibility index (Phi) is 14.7. The van der Waals surface area contributed by atoms with Crippen LogP contribution in [-0.4, -0.2) is 19.1 Å². The minimum atomic E-state index is 0.316. The van der Waals surface area contributed by atoms with Gasteiger partial charge in [0.15, 0.2) is 5.82 Å². The van der Waals surface area contributed by atoms with Crippen LogP contribution in [0, 0.1) is 102 Å². The fraction of sp³-hybridized carbons (Fsp3) is 0. The monoisotopic (exact) mass is 1240 g/mol. The molecule has 0 fully saturated rings. The number of nitrogens with zero attached hydrogens (tertiary/aromatic N) is 13. The maximum atomic E-state index is 11.0. The van der Waals surface area contributed by atoms with Gasteiger partial charge in [0, 0.05) is 49.4 Å². The molecule has 0 radical (unpaired) electrons. The standard InChI is InChI=1S/C85H41N13/c86-42-51-11-21-67(63(31-51)47-91)58-17-27-80-73(36-58)74-37-59(68-22-12-52(43-87)32-64(68)48-92)18-28-81(74)97(80)79-26-15-55(46-90)35-72(79)71-25-16-62(85-95-77(56-7-3-1-4-8-56)41-78(96-85)57-9-5-2-6-10-57)40-84(71)98-82-29-19-60(69-23-13-53(44-88)33-65(69)49-93)38-75(82)76-39-61(20-30-83(76)98)70-24-14-54(45-89)34-66(70)50-94/h1-41H. The Balaban J connectivity index is 1.05. The first kappa shape index (κ1) is 59.1. The van der Waals surface area contributed by atoms with Gasteiger partial charge in [-0.05, 0) is 172 Å². The van der Waals surface area contributed by atoms with Crippen molar-refractivity contribution in [1.29, 1.82) is 47.4 Å². The first-order chi connectivity index (χ1) is 48.1. The van der Waals surface area contributed by atoms with Crippen molar-refractivity contribution >= 4 is 43.6 Å². The van der Waals surface area contributed by atoms with Crippen molar-refractivity contribution in [2.45, 2.75) is 0 Å². The van der Waals surface area contributed by atoms with Crippen LogP contribution in [-0.2, 0) is 0 Å². The number of nitriles is 9. The van der Waals surface area contributed by atoms with Crippen LogP contribution in [0.5, 0.6) is 0 Å². The van der Waals surface area contributed by atoms with E-state index in [2.05, 4.69) is 69.8 Å². The highest BCUT2D eigenvalue weighted by molar-refractivity contribution is 6.14. The van der Waals surface area contributed by atoms with E-state index in [1.165, 1.54) is 0 Å². The number of hydrogen-bond acceptors (Lipinski definition) is 11. The summed E-state index contributed by atoms with van der Waals surface area (Å²) >= 11 is 0. The molecule has 0 unspecified atom stereocenters. The van der Waals surface area contributed by atoms with E-state index in [1.54, 1.807) is 78.9 Å². The van der Waals surface area contributed by atoms with Crippen LogP contribution in [0.1, 0.15) is 50.1 Å². The van der Waals surface area contributed by atoms with Gasteiger partial charge >= 0.3 is 0 Å². The van der Waals surface area contributed by atoms with Crippen LogP contribution in [0.2, 0.25) is 0 Å². The fourth-order valence-corrected chi connectivity index (χ4v) is 13.3. The molecule has 13 nitrogen and oxygen atoms in total. The highest BCUT2D eigenvalue weighted by Gasteiger charge is 2.26. The molecule has 15 rings (SSSR count). The van der Waals surface area contributed by atoms with E-state index >= 15 is 0 Å². The molecule has 12 aromatic carbocycles. The van der Waals surface area contributed by atoms with E-state index in [-0.39, 0.29) is 0 Å². The van der Waals surface area contributed by atoms with Gasteiger partial charge in [0.2, 0.25) is 0 Å². The molecule has 3 heterocycles. The summed E-state index contributed by atoms with van der Waals surface area (Å²) in [6.45, 7) is 0. The zero-order chi connectivity index (χ0) is 67.1. The van der Waals surface area contributed by atoms with Crippen LogP contribution in [0.3, 0.4) is 0 Å². The molecule has 3 aromatic heterocycles. The summed E-state index contributed by atoms with van der Waals surface area (Å²) in [6.07, 6.45) is 0. The molecular weight excluding hydrogens is 1200 g/mol. The third kappa shape index (κ3) is 10.2. The molecular formula is C85H41N13. The lowest BCUT2D eigenvalue weighted by Gasteiger charge is -2.20. The van der Waals surface area contributed by atoms with Crippen LogP contribution in [0.25, 0.3) is 145 Å². The third-order valence-corrected chi connectivity index (χ3v) is 17.9. The molecule has 0 aliphatic carbocycles. The van der Waals surface area contributed by atoms with Gasteiger partial charge in [0.05, 0.1) is 150 Å². The van der Waals surface area contributed by atoms with Gasteiger partial charge in [0.25, 0.3) is 0 Å². The Morgan fingerprint density at radius 3 is 0.888 bits per heavy atom. The van der Waals surface area contributed by atoms with Crippen LogP contribution < -0.4 is 0 Å². The quantitative estimate of drug-likeness (QED) is 0.124. The smallest absolute Gasteiger partial charge is 0.160 e. The summed E-state index contributed by atoms with van der Waals surface area (Å²) in [7, 11) is 0. The average molecular weight is 1240 g/mol. The second-order valence-corrected chi connectivity index (χ2v) is 23.3. The van der Waals surface area contributed by atoms with Crippen molar-refractivity contribution in [3.63, 3.8) is 0 Å². The summed E-state index contributed by atoms with van der Waals surface area (Å²) < 4.78 is 4.32. The van der Waals surface area contributed by atoms with E-state index in [9.17, 15) is 47.4 Å². The van der Waals surface area contributed by atoms with Crippen molar-refractivity contribution in [3.8, 4) is 156 Å². The lowest BCUT2D eigenvalue weighted by Crippen LogP contribution is -2.03. The highest BCUT2D eigenvalue weighted by atomic mass is 15.0. The predicted molar refractivity (Wildman–Crippen MR) is 377 cm³/mol. The zero-order valence-electron chi connectivity index (χ0n) is 51.5. The van der Waals surface area contributed by atoms with E-state index < -0.39 is 0 Å². The summed E-state index contributed by atoms with van der Waals surface area (Å²) in [4.78, 5) is 10.6. The van der Waals surface area contributed by atoms with E-state index in [1.807, 2.05) is 164 Å². The van der Waals surface area contributed by atoms with Crippen LogP contribution in [0.4, 0.5) is 0 Å². The minimum Gasteiger partial charge on any atom is -0.309 e. The van der Waals surface area contributed by atoms with Gasteiger partial charge < -0.3 is 9.13 Å². The van der Waals surface area contributed by atoms with Gasteiger partial charge in [-0.15, -0.1) is 0 Å². The Morgan fingerprint density at radius 1 is 0.224 bits per heavy atom. The van der Waals surface area contributed by atoms with Crippen molar-refractivity contribution < 1.29 is 0 Å². The fourth-order valence-electron chi connectivity index (χ4n) is 13.3. The van der Waals surface area contributed by atoms with Crippen molar-refractivity contribution in [2.24, 2.45) is 0 Å². The second kappa shape index (κ2) is 24.4. The zero-order valence-corrected chi connectivity index (χ0v) is 51.5. The number of rotatable bonds is 10. The molecule has 0 amide bonds. The molecule has 0 N–H and O–H groups in total. The first-order valence-corrected chi connectivity index (χ1v) is 30.8. The van der Waals surface area contributed by atoms with Gasteiger partial charge in [-0.25, -0.2) is 9.97 Å². The van der Waals surface area contributed by atoms with Gasteiger partial charge in [-0.2, -0.15) is 47.4 Å². The normalized spacial score (nSPS) is 10.8. The maximum absolute atomic E-state index is 11.0. The Hall–Kier alpha value is -15.3. The molecule has 13 heteroatoms. The molecule has 0 saturated carbocycles. The summed E-state index contributed by atoms with van der Waals surface area (Å²) in [6, 6.07) is 97.9. The number of benzene rings is 12. The highest BCUT2D eigenvalue weighted by Crippen LogP contribution is 2.46. The van der Waals surface area contributed by atoms with Crippen molar-refractivity contribution in [2.75, 3.05) is 0 Å². The van der Waals surface area contributed by atoms with E-state index in [4.69, 9.17) is 9.97 Å². The van der Waals surface area contributed by atoms with Gasteiger partial charge in [-0.1, -0.05) is 121 Å². The summed E-state index contributed by atoms with van der Waals surface area (Å²) in [5, 5.41) is 95.7. The Bertz CT molecular complexity index is 6040. The Labute approximate surface area is 561 Å². The lowest BCUT2D eigenvalue weighted by molar-refractivity contribution is 1.15. The minimum absolute atomic E-state index is 0.316. The summed E-state index contributed by atoms with van der Waals surface area (Å²) in [5.74, 6) is 0.432. The summed E-state index contributed by atoms with van der Waals surface area (Å²) in [5.41, 5.74) is 17.8. The van der Waals surface area contributed by atoms with Gasteiger partial charge in [-0.3, -0.25) is 0 Å². The first-order valence-electron chi connectivity index (χ1n) is 30.8. The van der Waals surface area contributed by atoms with Crippen molar-refractivity contribution in [3.05, 3.63) is 299 Å². The molecule has 0 saturated heterocycles. The average Bonchev–Trinajstić information content (AvgIpc) is 1.56. The molecule has 0 bridgehead atoms. The van der Waals surface area contributed by atoms with E-state index in [0.29, 0.717) is 129 Å². The third-order valence-electron chi connectivity index (χ3n) is 17.9. The molecule has 98 heavy (non-hydrogen) atoms. The second-order valence-electron chi connectivity index (χ2n) is 23.3. The lowest BCUT2D eigenvalue weighted by atomic mass is 9.95. The molecule has 0 spiro atoms. The topological polar surface area (TPSA) is 250 Å². The molecule has 446 valence electrons. The largest absolute Gasteiger partial charge is 0.309 e. The number of hydrogen-bond donors (Lipinski definition) is 0. The van der Waals surface area contributed by atoms with E-state index in [0.717, 1.165) is 65.9 Å². The predicted octanol–water partition coefficient (Wildman–Crippen LogP) is 18.9. The Morgan fingerprint density at radius 2 is 0.541 bits per heavy atom. The molecule has 0 atom stereocenters. The molecule has 15 aromatic rings.